The van der Waals surface area contributed by atoms with E-state index in [-0.39, 0.29) is 0 Å². The van der Waals surface area contributed by atoms with E-state index < -0.39 is 11.0 Å². The number of hydrogen-bond donors (Lipinski definition) is 0. The molecule has 0 aromatic heterocycles. The van der Waals surface area contributed by atoms with Gasteiger partial charge in [0.1, 0.15) is 6.21 Å². The summed E-state index contributed by atoms with van der Waals surface area (Å²) in [6.07, 6.45) is -1.14. The van der Waals surface area contributed by atoms with Crippen LogP contribution in [-0.2, 0) is 0 Å². The summed E-state index contributed by atoms with van der Waals surface area (Å²) in [5, 5.41) is 0. The van der Waals surface area contributed by atoms with Crippen molar-refractivity contribution in [2.24, 2.45) is 0 Å². The van der Waals surface area contributed by atoms with Crippen molar-refractivity contribution < 1.29 is 0 Å². The van der Waals surface area contributed by atoms with Crippen molar-refractivity contribution in [3.05, 3.63) is 0 Å². The molecule has 0 saturated heterocycles. The molecule has 0 amide bonds. The fourth-order valence-corrected chi connectivity index (χ4v) is 20.9. The molecule has 0 aliphatic heterocycles. The van der Waals surface area contributed by atoms with Gasteiger partial charge in [-0.05, 0) is 6.04 Å². The SMILES string of the molecule is CC[Si](Br)(Br)[Si](Br)(CC)CC. The maximum absolute atomic E-state index is 3.97. The standard InChI is InChI=1S/C6H15Br3Si2/c1-4-10(7,5-2)11(8,9)6-3/h4-6H2,1-3H3. The summed E-state index contributed by atoms with van der Waals surface area (Å²) >= 11 is 11.8. The van der Waals surface area contributed by atoms with Gasteiger partial charge >= 0.3 is 0 Å². The fourth-order valence-electron chi connectivity index (χ4n) is 1.08. The van der Waals surface area contributed by atoms with Gasteiger partial charge in [0, 0.05) is 0 Å². The molecule has 0 atom stereocenters. The van der Waals surface area contributed by atoms with Crippen LogP contribution < -0.4 is 0 Å². The lowest BCUT2D eigenvalue weighted by atomic mass is 11.0. The molecule has 0 nitrogen and oxygen atoms in total. The minimum absolute atomic E-state index is 1.14. The molecule has 0 radical (unpaired) electrons. The fraction of sp³-hybridized carbons (Fsp3) is 1.00. The first kappa shape index (κ1) is 12.9. The largest absolute Gasteiger partial charge is 0.203 e. The average molecular weight is 383 g/mol. The minimum Gasteiger partial charge on any atom is -0.127 e. The smallest absolute Gasteiger partial charge is 0.127 e. The lowest BCUT2D eigenvalue weighted by Gasteiger charge is -2.32. The van der Waals surface area contributed by atoms with Gasteiger partial charge in [-0.3, -0.25) is 0 Å². The van der Waals surface area contributed by atoms with Crippen LogP contribution in [0.5, 0.6) is 0 Å². The van der Waals surface area contributed by atoms with E-state index in [0.717, 1.165) is 0 Å². The van der Waals surface area contributed by atoms with E-state index in [2.05, 4.69) is 66.6 Å². The maximum Gasteiger partial charge on any atom is 0.203 e. The lowest BCUT2D eigenvalue weighted by molar-refractivity contribution is 1.33. The maximum atomic E-state index is 3.97. The van der Waals surface area contributed by atoms with Crippen LogP contribution in [0.25, 0.3) is 0 Å². The molecule has 0 bridgehead atoms. The van der Waals surface area contributed by atoms with E-state index in [1.807, 2.05) is 0 Å². The Bertz CT molecular complexity index is 123. The Kier molecular flexibility index (Phi) is 5.77. The molecule has 0 aromatic carbocycles. The van der Waals surface area contributed by atoms with E-state index in [4.69, 9.17) is 0 Å². The third kappa shape index (κ3) is 2.93. The number of hydrogen-bond acceptors (Lipinski definition) is 0. The highest BCUT2D eigenvalue weighted by atomic mass is 79.9. The quantitative estimate of drug-likeness (QED) is 0.488. The summed E-state index contributed by atoms with van der Waals surface area (Å²) in [5.41, 5.74) is 0. The molecule has 0 rings (SSSR count). The Hall–Kier alpha value is 1.87. The molecule has 0 aliphatic carbocycles. The normalized spacial score (nSPS) is 13.6. The van der Waals surface area contributed by atoms with Gasteiger partial charge in [0.25, 0.3) is 0 Å². The second-order valence-corrected chi connectivity index (χ2v) is 36.1. The summed E-state index contributed by atoms with van der Waals surface area (Å²) < 4.78 is 0. The Balaban J connectivity index is 4.47. The van der Waals surface area contributed by atoms with E-state index in [1.165, 1.54) is 18.1 Å². The van der Waals surface area contributed by atoms with Crippen LogP contribution in [-0.4, -0.2) is 11.0 Å². The highest BCUT2D eigenvalue weighted by molar-refractivity contribution is 9.57. The van der Waals surface area contributed by atoms with Crippen molar-refractivity contribution in [2.45, 2.75) is 38.9 Å². The molecule has 0 aromatic rings. The molecule has 0 N–H and O–H groups in total. The molecular formula is C6H15Br3Si2. The van der Waals surface area contributed by atoms with Gasteiger partial charge in [0.2, 0.25) is 4.83 Å². The summed E-state index contributed by atoms with van der Waals surface area (Å²) in [6, 6.07) is 3.91. The summed E-state index contributed by atoms with van der Waals surface area (Å²) in [6.45, 7) is 6.86. The van der Waals surface area contributed by atoms with Crippen molar-refractivity contribution in [2.75, 3.05) is 0 Å². The number of rotatable bonds is 4. The molecule has 0 spiro atoms. The van der Waals surface area contributed by atoms with E-state index in [9.17, 15) is 0 Å². The Morgan fingerprint density at radius 2 is 1.18 bits per heavy atom. The number of halogens is 3. The first-order valence-corrected chi connectivity index (χ1v) is 16.4. The summed E-state index contributed by atoms with van der Waals surface area (Å²) in [7, 11) is 0. The van der Waals surface area contributed by atoms with Gasteiger partial charge in [0.05, 0.1) is 0 Å². The highest BCUT2D eigenvalue weighted by Gasteiger charge is 2.47. The molecule has 0 saturated carbocycles. The molecular weight excluding hydrogens is 368 g/mol. The van der Waals surface area contributed by atoms with Crippen molar-refractivity contribution >= 4 is 56.9 Å². The van der Waals surface area contributed by atoms with Crippen molar-refractivity contribution in [1.82, 2.24) is 0 Å². The molecule has 0 unspecified atom stereocenters. The molecule has 0 fully saturated rings. The minimum atomic E-state index is -1.25. The van der Waals surface area contributed by atoms with Crippen LogP contribution in [0.15, 0.2) is 0 Å². The predicted molar refractivity (Wildman–Crippen MR) is 69.7 cm³/mol. The van der Waals surface area contributed by atoms with Crippen LogP contribution in [0.1, 0.15) is 20.8 Å². The van der Waals surface area contributed by atoms with Gasteiger partial charge in [-0.1, -0.05) is 32.9 Å². The van der Waals surface area contributed by atoms with Crippen molar-refractivity contribution in [1.29, 1.82) is 0 Å². The first-order chi connectivity index (χ1) is 4.93. The van der Waals surface area contributed by atoms with Crippen molar-refractivity contribution in [3.63, 3.8) is 0 Å². The molecule has 11 heavy (non-hydrogen) atoms. The van der Waals surface area contributed by atoms with E-state index in [1.54, 1.807) is 0 Å². The highest BCUT2D eigenvalue weighted by Crippen LogP contribution is 2.43. The monoisotopic (exact) mass is 380 g/mol. The van der Waals surface area contributed by atoms with Crippen LogP contribution >= 0.6 is 45.9 Å². The molecule has 5 heteroatoms. The lowest BCUT2D eigenvalue weighted by Crippen LogP contribution is -2.48. The van der Waals surface area contributed by atoms with E-state index >= 15 is 0 Å². The van der Waals surface area contributed by atoms with Gasteiger partial charge in [-0.15, -0.1) is 45.9 Å². The van der Waals surface area contributed by atoms with Gasteiger partial charge in [-0.2, -0.15) is 0 Å². The topological polar surface area (TPSA) is 0 Å². The third-order valence-corrected chi connectivity index (χ3v) is 49.8. The van der Waals surface area contributed by atoms with Crippen molar-refractivity contribution in [3.8, 4) is 0 Å². The average Bonchev–Trinajstić information content (AvgIpc) is 2.02. The van der Waals surface area contributed by atoms with Gasteiger partial charge in [-0.25, -0.2) is 0 Å². The van der Waals surface area contributed by atoms with Gasteiger partial charge in [0.15, 0.2) is 0 Å². The predicted octanol–water partition coefficient (Wildman–Crippen LogP) is 4.70. The summed E-state index contributed by atoms with van der Waals surface area (Å²) in [5.74, 6) is 0. The molecule has 0 heterocycles. The Labute approximate surface area is 95.1 Å². The van der Waals surface area contributed by atoms with Crippen LogP contribution in [0.4, 0.5) is 0 Å². The van der Waals surface area contributed by atoms with Crippen LogP contribution in [0.2, 0.25) is 18.1 Å². The third-order valence-electron chi connectivity index (χ3n) is 2.22. The zero-order valence-electron chi connectivity index (χ0n) is 7.26. The zero-order chi connectivity index (χ0) is 9.12. The second kappa shape index (κ2) is 4.93. The molecule has 0 aliphatic rings. The zero-order valence-corrected chi connectivity index (χ0v) is 14.0. The summed E-state index contributed by atoms with van der Waals surface area (Å²) in [4.78, 5) is -1.25. The van der Waals surface area contributed by atoms with Gasteiger partial charge < -0.3 is 0 Å². The second-order valence-electron chi connectivity index (χ2n) is 2.73. The molecule has 68 valence electrons. The Morgan fingerprint density at radius 3 is 1.27 bits per heavy atom. The first-order valence-electron chi connectivity index (χ1n) is 4.00. The van der Waals surface area contributed by atoms with Crippen LogP contribution in [0, 0.1) is 0 Å². The Morgan fingerprint density at radius 1 is 0.818 bits per heavy atom. The van der Waals surface area contributed by atoms with Crippen LogP contribution in [0.3, 0.4) is 0 Å². The van der Waals surface area contributed by atoms with E-state index in [0.29, 0.717) is 0 Å².